The van der Waals surface area contributed by atoms with E-state index in [1.54, 1.807) is 11.1 Å². The van der Waals surface area contributed by atoms with E-state index in [0.717, 1.165) is 35.2 Å². The molecule has 470 valence electrons. The van der Waals surface area contributed by atoms with Crippen molar-refractivity contribution in [3.8, 4) is 43.1 Å². The average Bonchev–Trinajstić information content (AvgIpc) is 1.61. The monoisotopic (exact) mass is 1180 g/mol. The van der Waals surface area contributed by atoms with Crippen molar-refractivity contribution in [2.24, 2.45) is 23.7 Å². The summed E-state index contributed by atoms with van der Waals surface area (Å²) in [6.07, 6.45) is 44.1. The van der Waals surface area contributed by atoms with Crippen LogP contribution >= 0.6 is 11.3 Å². The minimum atomic E-state index is -0.0560. The van der Waals surface area contributed by atoms with Gasteiger partial charge in [0.1, 0.15) is 22.1 Å². The van der Waals surface area contributed by atoms with E-state index in [2.05, 4.69) is 152 Å². The van der Waals surface area contributed by atoms with E-state index in [0.29, 0.717) is 23.7 Å². The maximum atomic E-state index is 5.71. The van der Waals surface area contributed by atoms with Crippen molar-refractivity contribution in [3.63, 3.8) is 0 Å². The topological polar surface area (TPSA) is 61.4 Å². The number of fused-ring (bicyclic) bond motifs is 5. The third kappa shape index (κ3) is 16.8. The highest BCUT2D eigenvalue weighted by Crippen LogP contribution is 2.61. The SMILES string of the molecule is CCCCCCCCC(CCCCCC)Cn1nc2c(C)ccc(-c3ccc(-c4ccc(-c5ccc6c(c5)C(C(CC)CCCCC)(C(CC)CCCCC)c5cc(C)ccc5-6)c5nn(CC(CCCCCC)CCCCCCCC)nc45)s3)c2n1. The minimum absolute atomic E-state index is 0.0560. The van der Waals surface area contributed by atoms with Crippen LogP contribution in [0.25, 0.3) is 65.2 Å². The first-order chi connectivity index (χ1) is 42.2. The number of thiophene rings is 1. The Kier molecular flexibility index (Phi) is 27.4. The molecule has 7 aromatic rings. The van der Waals surface area contributed by atoms with Gasteiger partial charge in [-0.2, -0.15) is 30.0 Å². The molecule has 0 saturated carbocycles. The van der Waals surface area contributed by atoms with Crippen molar-refractivity contribution < 1.29 is 0 Å². The molecule has 0 fully saturated rings. The van der Waals surface area contributed by atoms with Crippen LogP contribution in [0.2, 0.25) is 0 Å². The first kappa shape index (κ1) is 67.3. The number of nitrogens with zero attached hydrogens (tertiary/aromatic N) is 6. The van der Waals surface area contributed by atoms with Crippen molar-refractivity contribution in [1.82, 2.24) is 30.0 Å². The van der Waals surface area contributed by atoms with Crippen LogP contribution in [-0.4, -0.2) is 30.0 Å². The van der Waals surface area contributed by atoms with Crippen LogP contribution in [0.15, 0.2) is 72.8 Å². The molecule has 0 saturated heterocycles. The second-order valence-electron chi connectivity index (χ2n) is 27.1. The van der Waals surface area contributed by atoms with Gasteiger partial charge in [0.15, 0.2) is 0 Å². The van der Waals surface area contributed by atoms with E-state index in [-0.39, 0.29) is 5.41 Å². The fourth-order valence-electron chi connectivity index (χ4n) is 15.6. The van der Waals surface area contributed by atoms with Crippen molar-refractivity contribution in [1.29, 1.82) is 0 Å². The lowest BCUT2D eigenvalue weighted by Crippen LogP contribution is -2.42. The molecule has 3 heterocycles. The Morgan fingerprint density at radius 1 is 0.360 bits per heavy atom. The second kappa shape index (κ2) is 35.0. The molecule has 4 aromatic carbocycles. The van der Waals surface area contributed by atoms with E-state index >= 15 is 0 Å². The Labute approximate surface area is 528 Å². The maximum absolute atomic E-state index is 5.71. The zero-order valence-electron chi connectivity index (χ0n) is 56.3. The molecule has 7 heteroatoms. The smallest absolute Gasteiger partial charge is 0.122 e. The summed E-state index contributed by atoms with van der Waals surface area (Å²) in [5.41, 5.74) is 17.6. The Morgan fingerprint density at radius 2 is 0.721 bits per heavy atom. The van der Waals surface area contributed by atoms with Crippen LogP contribution in [0.5, 0.6) is 0 Å². The molecule has 0 N–H and O–H groups in total. The standard InChI is InChI=1S/C79H118N6S/c1-11-19-25-29-31-37-41-61(39-35-27-21-13-3)57-84-80-75-60(10)46-49-69(77(75)82-84)73-53-54-74(86-73)70-52-51-66(76-78(70)83-85(81-76)58-62(40-36-28-22-14-4)42-38-32-30-26-20-12-2)63-47-50-68-67-48-45-59(9)55-71(67)79(72(68)56-63,64(17-7)43-33-23-15-5)65(18-8)44-34-24-16-6/h45-56,61-62,64-65H,11-44,57-58H2,1-10H3. The van der Waals surface area contributed by atoms with E-state index in [1.807, 2.05) is 11.3 Å². The Morgan fingerprint density at radius 3 is 1.21 bits per heavy atom. The molecule has 4 atom stereocenters. The van der Waals surface area contributed by atoms with Crippen molar-refractivity contribution in [2.45, 2.75) is 306 Å². The van der Waals surface area contributed by atoms with Gasteiger partial charge >= 0.3 is 0 Å². The summed E-state index contributed by atoms with van der Waals surface area (Å²) in [5.74, 6) is 2.28. The lowest BCUT2D eigenvalue weighted by atomic mass is 9.57. The van der Waals surface area contributed by atoms with Crippen molar-refractivity contribution >= 4 is 33.4 Å². The fourth-order valence-corrected chi connectivity index (χ4v) is 16.6. The van der Waals surface area contributed by atoms with Crippen LogP contribution in [-0.2, 0) is 18.5 Å². The molecule has 86 heavy (non-hydrogen) atoms. The molecule has 6 nitrogen and oxygen atoms in total. The van der Waals surface area contributed by atoms with E-state index in [4.69, 9.17) is 20.4 Å². The summed E-state index contributed by atoms with van der Waals surface area (Å²) < 4.78 is 0. The molecule has 0 radical (unpaired) electrons. The Hall–Kier alpha value is -4.62. The zero-order chi connectivity index (χ0) is 60.7. The Balaban J connectivity index is 1.21. The first-order valence-electron chi connectivity index (χ1n) is 36.3. The quantitative estimate of drug-likeness (QED) is 0.0357. The van der Waals surface area contributed by atoms with Crippen LogP contribution < -0.4 is 0 Å². The molecule has 0 aliphatic heterocycles. The highest BCUT2D eigenvalue weighted by molar-refractivity contribution is 7.19. The van der Waals surface area contributed by atoms with Gasteiger partial charge in [0.2, 0.25) is 0 Å². The van der Waals surface area contributed by atoms with Gasteiger partial charge in [0, 0.05) is 31.9 Å². The molecule has 1 aliphatic rings. The van der Waals surface area contributed by atoms with E-state index < -0.39 is 0 Å². The van der Waals surface area contributed by atoms with Gasteiger partial charge in [0.25, 0.3) is 0 Å². The number of unbranched alkanes of at least 4 members (excludes halogenated alkanes) is 20. The van der Waals surface area contributed by atoms with Crippen LogP contribution in [0.3, 0.4) is 0 Å². The summed E-state index contributed by atoms with van der Waals surface area (Å²) in [6.45, 7) is 25.3. The average molecular weight is 1180 g/mol. The van der Waals surface area contributed by atoms with Crippen molar-refractivity contribution in [3.05, 3.63) is 95.1 Å². The number of benzene rings is 4. The van der Waals surface area contributed by atoms with E-state index in [9.17, 15) is 0 Å². The predicted molar refractivity (Wildman–Crippen MR) is 375 cm³/mol. The van der Waals surface area contributed by atoms with E-state index in [1.165, 1.54) is 273 Å². The summed E-state index contributed by atoms with van der Waals surface area (Å²) >= 11 is 1.88. The molecule has 0 spiro atoms. The molecular formula is C79H118N6S. The number of rotatable bonds is 43. The second-order valence-corrected chi connectivity index (χ2v) is 28.2. The third-order valence-electron chi connectivity index (χ3n) is 20.5. The van der Waals surface area contributed by atoms with Crippen LogP contribution in [0.4, 0.5) is 0 Å². The molecule has 0 amide bonds. The van der Waals surface area contributed by atoms with Gasteiger partial charge in [-0.25, -0.2) is 0 Å². The normalized spacial score (nSPS) is 15.5. The van der Waals surface area contributed by atoms with Crippen LogP contribution in [0, 0.1) is 37.5 Å². The first-order valence-corrected chi connectivity index (χ1v) is 37.1. The highest BCUT2D eigenvalue weighted by Gasteiger charge is 2.52. The minimum Gasteiger partial charge on any atom is -0.183 e. The summed E-state index contributed by atoms with van der Waals surface area (Å²) in [5, 5.41) is 22.0. The summed E-state index contributed by atoms with van der Waals surface area (Å²) in [4.78, 5) is 6.69. The fraction of sp³-hybridized carbons (Fsp3) is 0.646. The molecule has 0 bridgehead atoms. The van der Waals surface area contributed by atoms with Gasteiger partial charge in [-0.15, -0.1) is 11.3 Å². The largest absolute Gasteiger partial charge is 0.183 e. The number of aryl methyl sites for hydroxylation is 2. The lowest BCUT2D eigenvalue weighted by Gasteiger charge is -2.46. The highest BCUT2D eigenvalue weighted by atomic mass is 32.1. The van der Waals surface area contributed by atoms with Crippen LogP contribution in [0.1, 0.15) is 296 Å². The molecule has 4 unspecified atom stereocenters. The third-order valence-corrected chi connectivity index (χ3v) is 21.6. The van der Waals surface area contributed by atoms with Gasteiger partial charge in [0.05, 0.1) is 13.1 Å². The van der Waals surface area contributed by atoms with Gasteiger partial charge in [-0.05, 0) is 128 Å². The zero-order valence-corrected chi connectivity index (χ0v) is 57.1. The van der Waals surface area contributed by atoms with Gasteiger partial charge < -0.3 is 0 Å². The lowest BCUT2D eigenvalue weighted by molar-refractivity contribution is 0.178. The number of hydrogen-bond acceptors (Lipinski definition) is 5. The molecule has 8 rings (SSSR count). The molecule has 3 aromatic heterocycles. The summed E-state index contributed by atoms with van der Waals surface area (Å²) in [7, 11) is 0. The number of hydrogen-bond donors (Lipinski definition) is 0. The molecular weight excluding hydrogens is 1060 g/mol. The number of aromatic nitrogens is 6. The molecule has 1 aliphatic carbocycles. The summed E-state index contributed by atoms with van der Waals surface area (Å²) in [6, 6.07) is 29.2. The van der Waals surface area contributed by atoms with Crippen molar-refractivity contribution in [2.75, 3.05) is 0 Å². The Bertz CT molecular complexity index is 3080. The predicted octanol–water partition coefficient (Wildman–Crippen LogP) is 25.0. The van der Waals surface area contributed by atoms with Gasteiger partial charge in [-0.1, -0.05) is 295 Å². The van der Waals surface area contributed by atoms with Gasteiger partial charge in [-0.3, -0.25) is 0 Å². The maximum Gasteiger partial charge on any atom is 0.122 e.